The predicted molar refractivity (Wildman–Crippen MR) is 84.8 cm³/mol. The Bertz CT molecular complexity index is 619. The molecule has 0 spiro atoms. The highest BCUT2D eigenvalue weighted by Crippen LogP contribution is 2.25. The molecule has 0 aromatic heterocycles. The molecule has 0 saturated carbocycles. The van der Waals surface area contributed by atoms with Crippen molar-refractivity contribution in [3.8, 4) is 5.75 Å². The maximum atomic E-state index is 11.4. The van der Waals surface area contributed by atoms with Gasteiger partial charge in [-0.15, -0.1) is 0 Å². The van der Waals surface area contributed by atoms with E-state index in [0.29, 0.717) is 13.0 Å². The Morgan fingerprint density at radius 1 is 1.14 bits per heavy atom. The second kappa shape index (κ2) is 7.11. The van der Waals surface area contributed by atoms with Crippen LogP contribution in [0.25, 0.3) is 10.8 Å². The number of carbonyl (C=O) groups excluding carboxylic acids is 1. The molecule has 0 amide bonds. The van der Waals surface area contributed by atoms with Gasteiger partial charge in [0.15, 0.2) is 0 Å². The van der Waals surface area contributed by atoms with E-state index in [1.165, 1.54) is 10.9 Å². The SMILES string of the molecule is CCCC(=O)OCC(C)c1ccc2cc(OC)ccc2c1. The van der Waals surface area contributed by atoms with Gasteiger partial charge in [-0.25, -0.2) is 0 Å². The van der Waals surface area contributed by atoms with Crippen LogP contribution in [0, 0.1) is 0 Å². The minimum atomic E-state index is -0.116. The van der Waals surface area contributed by atoms with E-state index in [9.17, 15) is 4.79 Å². The normalized spacial score (nSPS) is 12.1. The maximum Gasteiger partial charge on any atom is 0.305 e. The number of hydrogen-bond donors (Lipinski definition) is 0. The number of methoxy groups -OCH3 is 1. The number of benzene rings is 2. The van der Waals surface area contributed by atoms with Gasteiger partial charge in [0.05, 0.1) is 13.7 Å². The van der Waals surface area contributed by atoms with Crippen molar-refractivity contribution >= 4 is 16.7 Å². The van der Waals surface area contributed by atoms with Gasteiger partial charge in [0.1, 0.15) is 5.75 Å². The highest BCUT2D eigenvalue weighted by Gasteiger charge is 2.10. The van der Waals surface area contributed by atoms with E-state index < -0.39 is 0 Å². The molecule has 3 nitrogen and oxygen atoms in total. The predicted octanol–water partition coefficient (Wildman–Crippen LogP) is 4.30. The van der Waals surface area contributed by atoms with Gasteiger partial charge in [0.2, 0.25) is 0 Å². The van der Waals surface area contributed by atoms with Crippen LogP contribution in [0.2, 0.25) is 0 Å². The van der Waals surface area contributed by atoms with Crippen LogP contribution < -0.4 is 4.74 Å². The van der Waals surface area contributed by atoms with Crippen LogP contribution in [0.1, 0.15) is 38.2 Å². The average molecular weight is 286 g/mol. The van der Waals surface area contributed by atoms with E-state index in [0.717, 1.165) is 17.6 Å². The van der Waals surface area contributed by atoms with Crippen molar-refractivity contribution in [2.75, 3.05) is 13.7 Å². The van der Waals surface area contributed by atoms with Gasteiger partial charge in [0, 0.05) is 12.3 Å². The lowest BCUT2D eigenvalue weighted by molar-refractivity contribution is -0.144. The van der Waals surface area contributed by atoms with Crippen molar-refractivity contribution < 1.29 is 14.3 Å². The van der Waals surface area contributed by atoms with Crippen LogP contribution in [-0.4, -0.2) is 19.7 Å². The van der Waals surface area contributed by atoms with E-state index >= 15 is 0 Å². The minimum Gasteiger partial charge on any atom is -0.497 e. The summed E-state index contributed by atoms with van der Waals surface area (Å²) in [6, 6.07) is 12.3. The zero-order chi connectivity index (χ0) is 15.2. The Balaban J connectivity index is 2.09. The molecule has 0 heterocycles. The first kappa shape index (κ1) is 15.4. The number of esters is 1. The first-order valence-corrected chi connectivity index (χ1v) is 7.37. The van der Waals surface area contributed by atoms with Crippen molar-refractivity contribution in [1.82, 2.24) is 0 Å². The Morgan fingerprint density at radius 2 is 1.86 bits per heavy atom. The molecule has 112 valence electrons. The van der Waals surface area contributed by atoms with Crippen LogP contribution in [0.5, 0.6) is 5.75 Å². The zero-order valence-corrected chi connectivity index (χ0v) is 12.9. The Labute approximate surface area is 125 Å². The highest BCUT2D eigenvalue weighted by atomic mass is 16.5. The molecular formula is C18H22O3. The van der Waals surface area contributed by atoms with Gasteiger partial charge in [0.25, 0.3) is 0 Å². The second-order valence-corrected chi connectivity index (χ2v) is 5.31. The molecule has 3 heteroatoms. The average Bonchev–Trinajstić information content (AvgIpc) is 2.51. The number of ether oxygens (including phenoxy) is 2. The van der Waals surface area contributed by atoms with Gasteiger partial charge in [-0.1, -0.05) is 38.1 Å². The summed E-state index contributed by atoms with van der Waals surface area (Å²) in [5.41, 5.74) is 1.18. The van der Waals surface area contributed by atoms with E-state index in [-0.39, 0.29) is 11.9 Å². The van der Waals surface area contributed by atoms with Crippen molar-refractivity contribution in [3.63, 3.8) is 0 Å². The standard InChI is InChI=1S/C18H22O3/c1-4-5-18(19)21-12-13(2)14-6-7-16-11-17(20-3)9-8-15(16)10-14/h6-11,13H,4-5,12H2,1-3H3. The quantitative estimate of drug-likeness (QED) is 0.743. The van der Waals surface area contributed by atoms with Gasteiger partial charge in [-0.05, 0) is 34.9 Å². The van der Waals surface area contributed by atoms with Crippen molar-refractivity contribution in [2.45, 2.75) is 32.6 Å². The lowest BCUT2D eigenvalue weighted by atomic mass is 9.98. The Morgan fingerprint density at radius 3 is 2.57 bits per heavy atom. The summed E-state index contributed by atoms with van der Waals surface area (Å²) < 4.78 is 10.5. The first-order chi connectivity index (χ1) is 10.1. The summed E-state index contributed by atoms with van der Waals surface area (Å²) in [7, 11) is 1.67. The number of hydrogen-bond acceptors (Lipinski definition) is 3. The van der Waals surface area contributed by atoms with Gasteiger partial charge < -0.3 is 9.47 Å². The summed E-state index contributed by atoms with van der Waals surface area (Å²) in [6.07, 6.45) is 1.31. The van der Waals surface area contributed by atoms with Crippen molar-refractivity contribution in [2.24, 2.45) is 0 Å². The maximum absolute atomic E-state index is 11.4. The number of fused-ring (bicyclic) bond motifs is 1. The van der Waals surface area contributed by atoms with Gasteiger partial charge in [-0.3, -0.25) is 4.79 Å². The number of carbonyl (C=O) groups is 1. The molecule has 0 saturated heterocycles. The molecule has 0 aliphatic heterocycles. The minimum absolute atomic E-state index is 0.116. The Hall–Kier alpha value is -2.03. The summed E-state index contributed by atoms with van der Waals surface area (Å²) in [6.45, 7) is 4.48. The highest BCUT2D eigenvalue weighted by molar-refractivity contribution is 5.84. The fraction of sp³-hybridized carbons (Fsp3) is 0.389. The molecule has 0 aliphatic carbocycles. The molecule has 0 N–H and O–H groups in total. The zero-order valence-electron chi connectivity index (χ0n) is 12.9. The Kier molecular flexibility index (Phi) is 5.20. The molecule has 0 bridgehead atoms. The summed E-state index contributed by atoms with van der Waals surface area (Å²) in [5, 5.41) is 2.31. The van der Waals surface area contributed by atoms with Crippen LogP contribution >= 0.6 is 0 Å². The summed E-state index contributed by atoms with van der Waals surface area (Å²) in [4.78, 5) is 11.4. The molecule has 2 aromatic rings. The fourth-order valence-corrected chi connectivity index (χ4v) is 2.27. The lowest BCUT2D eigenvalue weighted by Gasteiger charge is -2.13. The molecular weight excluding hydrogens is 264 g/mol. The summed E-state index contributed by atoms with van der Waals surface area (Å²) in [5.74, 6) is 0.934. The van der Waals surface area contributed by atoms with Gasteiger partial charge in [-0.2, -0.15) is 0 Å². The molecule has 0 aliphatic rings. The van der Waals surface area contributed by atoms with E-state index in [4.69, 9.17) is 9.47 Å². The molecule has 2 rings (SSSR count). The molecule has 21 heavy (non-hydrogen) atoms. The third-order valence-corrected chi connectivity index (χ3v) is 3.59. The fourth-order valence-electron chi connectivity index (χ4n) is 2.27. The largest absolute Gasteiger partial charge is 0.497 e. The lowest BCUT2D eigenvalue weighted by Crippen LogP contribution is -2.10. The molecule has 2 aromatic carbocycles. The molecule has 1 unspecified atom stereocenters. The number of rotatable bonds is 6. The van der Waals surface area contributed by atoms with Crippen molar-refractivity contribution in [1.29, 1.82) is 0 Å². The second-order valence-electron chi connectivity index (χ2n) is 5.31. The van der Waals surface area contributed by atoms with Crippen LogP contribution in [-0.2, 0) is 9.53 Å². The third-order valence-electron chi connectivity index (χ3n) is 3.59. The smallest absolute Gasteiger partial charge is 0.305 e. The third kappa shape index (κ3) is 3.97. The molecule has 0 radical (unpaired) electrons. The monoisotopic (exact) mass is 286 g/mol. The van der Waals surface area contributed by atoms with Gasteiger partial charge >= 0.3 is 5.97 Å². The first-order valence-electron chi connectivity index (χ1n) is 7.37. The van der Waals surface area contributed by atoms with E-state index in [1.54, 1.807) is 7.11 Å². The molecule has 1 atom stereocenters. The topological polar surface area (TPSA) is 35.5 Å². The van der Waals surface area contributed by atoms with E-state index in [2.05, 4.69) is 25.1 Å². The van der Waals surface area contributed by atoms with Crippen LogP contribution in [0.15, 0.2) is 36.4 Å². The molecule has 0 fully saturated rings. The van der Waals surface area contributed by atoms with E-state index in [1.807, 2.05) is 25.1 Å². The van der Waals surface area contributed by atoms with Crippen LogP contribution in [0.3, 0.4) is 0 Å². The van der Waals surface area contributed by atoms with Crippen LogP contribution in [0.4, 0.5) is 0 Å². The van der Waals surface area contributed by atoms with Crippen molar-refractivity contribution in [3.05, 3.63) is 42.0 Å². The summed E-state index contributed by atoms with van der Waals surface area (Å²) >= 11 is 0.